The molecule has 2 rings (SSSR count). The topological polar surface area (TPSA) is 45.6 Å². The van der Waals surface area contributed by atoms with Crippen LogP contribution in [-0.2, 0) is 29.7 Å². The smallest absolute Gasteiger partial charge is 0.242 e. The van der Waals surface area contributed by atoms with Crippen LogP contribution >= 0.6 is 0 Å². The van der Waals surface area contributed by atoms with Crippen LogP contribution in [0, 0.1) is 5.41 Å². The van der Waals surface area contributed by atoms with Gasteiger partial charge < -0.3 is 14.4 Å². The summed E-state index contributed by atoms with van der Waals surface area (Å²) in [5, 5.41) is 0. The average Bonchev–Trinajstić information content (AvgIpc) is 3.09. The van der Waals surface area contributed by atoms with Crippen molar-refractivity contribution >= 4 is 11.8 Å². The molecule has 0 aliphatic carbocycles. The predicted molar refractivity (Wildman–Crippen MR) is 117 cm³/mol. The van der Waals surface area contributed by atoms with Crippen molar-refractivity contribution < 1.29 is 9.59 Å². The van der Waals surface area contributed by atoms with Crippen LogP contribution in [0.3, 0.4) is 0 Å². The molecule has 0 fully saturated rings. The third-order valence-electron chi connectivity index (χ3n) is 5.30. The molecular weight excluding hydrogens is 362 g/mol. The van der Waals surface area contributed by atoms with Gasteiger partial charge in [0, 0.05) is 36.9 Å². The maximum Gasteiger partial charge on any atom is 0.242 e. The van der Waals surface area contributed by atoms with Crippen LogP contribution in [0.1, 0.15) is 52.3 Å². The van der Waals surface area contributed by atoms with Crippen molar-refractivity contribution in [2.75, 3.05) is 6.54 Å². The highest BCUT2D eigenvalue weighted by Gasteiger charge is 2.32. The van der Waals surface area contributed by atoms with Gasteiger partial charge in [0.1, 0.15) is 6.54 Å². The summed E-state index contributed by atoms with van der Waals surface area (Å²) in [5.41, 5.74) is 1.62. The molecule has 2 amide bonds. The maximum atomic E-state index is 13.4. The van der Waals surface area contributed by atoms with E-state index < -0.39 is 5.41 Å². The fraction of sp³-hybridized carbons (Fsp3) is 0.500. The van der Waals surface area contributed by atoms with Crippen molar-refractivity contribution in [2.45, 2.75) is 60.2 Å². The second-order valence-electron chi connectivity index (χ2n) is 8.79. The minimum atomic E-state index is -0.522. The number of nitrogens with zero attached hydrogens (tertiary/aromatic N) is 3. The van der Waals surface area contributed by atoms with E-state index in [2.05, 4.69) is 0 Å². The summed E-state index contributed by atoms with van der Waals surface area (Å²) in [6.45, 7) is 10.9. The summed E-state index contributed by atoms with van der Waals surface area (Å²) >= 11 is 0. The molecule has 0 aliphatic heterocycles. The average molecular weight is 398 g/mol. The number of hydrogen-bond donors (Lipinski definition) is 0. The maximum absolute atomic E-state index is 13.4. The van der Waals surface area contributed by atoms with Crippen molar-refractivity contribution in [3.05, 3.63) is 59.9 Å². The number of amides is 2. The van der Waals surface area contributed by atoms with Crippen molar-refractivity contribution in [1.29, 1.82) is 0 Å². The van der Waals surface area contributed by atoms with Gasteiger partial charge in [0.25, 0.3) is 0 Å². The highest BCUT2D eigenvalue weighted by molar-refractivity contribution is 5.87. The largest absolute Gasteiger partial charge is 0.353 e. The van der Waals surface area contributed by atoms with Crippen molar-refractivity contribution in [2.24, 2.45) is 12.5 Å². The van der Waals surface area contributed by atoms with Crippen LogP contribution in [0.5, 0.6) is 0 Å². The van der Waals surface area contributed by atoms with Crippen LogP contribution in [0.2, 0.25) is 0 Å². The van der Waals surface area contributed by atoms with Gasteiger partial charge in [0.15, 0.2) is 0 Å². The van der Waals surface area contributed by atoms with Gasteiger partial charge >= 0.3 is 0 Å². The number of hydrogen-bond acceptors (Lipinski definition) is 2. The highest BCUT2D eigenvalue weighted by atomic mass is 16.2. The summed E-state index contributed by atoms with van der Waals surface area (Å²) in [5.74, 6) is -0.0216. The molecule has 0 aliphatic rings. The highest BCUT2D eigenvalue weighted by Crippen LogP contribution is 2.21. The lowest BCUT2D eigenvalue weighted by atomic mass is 9.93. The molecule has 0 bridgehead atoms. The summed E-state index contributed by atoms with van der Waals surface area (Å²) in [6, 6.07) is 14.0. The number of benzene rings is 1. The fourth-order valence-electron chi connectivity index (χ4n) is 3.22. The molecule has 0 saturated heterocycles. The van der Waals surface area contributed by atoms with Gasteiger partial charge in [0.2, 0.25) is 11.8 Å². The van der Waals surface area contributed by atoms with Gasteiger partial charge in [-0.3, -0.25) is 9.59 Å². The van der Waals surface area contributed by atoms with Crippen molar-refractivity contribution in [3.63, 3.8) is 0 Å². The molecule has 5 heteroatoms. The van der Waals surface area contributed by atoms with E-state index >= 15 is 0 Å². The Kier molecular flexibility index (Phi) is 7.66. The lowest BCUT2D eigenvalue weighted by Crippen LogP contribution is -2.49. The molecule has 0 unspecified atom stereocenters. The quantitative estimate of drug-likeness (QED) is 0.669. The Hall–Kier alpha value is -2.56. The molecule has 0 radical (unpaired) electrons. The van der Waals surface area contributed by atoms with Crippen LogP contribution in [0.4, 0.5) is 0 Å². The minimum absolute atomic E-state index is 0.0127. The molecule has 29 heavy (non-hydrogen) atoms. The van der Waals surface area contributed by atoms with Gasteiger partial charge in [-0.05, 0) is 31.0 Å². The monoisotopic (exact) mass is 397 g/mol. The zero-order valence-electron chi connectivity index (χ0n) is 18.7. The Morgan fingerprint density at radius 2 is 1.69 bits per heavy atom. The summed E-state index contributed by atoms with van der Waals surface area (Å²) in [4.78, 5) is 30.0. The SMILES string of the molecule is CC[C@@H](C)N(CC(=O)N(Cc1ccccc1)Cc1cccn1C)C(=O)C(C)(C)C. The van der Waals surface area contributed by atoms with Gasteiger partial charge in [-0.2, -0.15) is 0 Å². The lowest BCUT2D eigenvalue weighted by Gasteiger charge is -2.35. The zero-order valence-corrected chi connectivity index (χ0v) is 18.7. The first-order valence-electron chi connectivity index (χ1n) is 10.4. The number of aromatic nitrogens is 1. The first-order chi connectivity index (χ1) is 13.6. The van der Waals surface area contributed by atoms with E-state index in [9.17, 15) is 9.59 Å². The van der Waals surface area contributed by atoms with Crippen molar-refractivity contribution in [3.8, 4) is 0 Å². The lowest BCUT2D eigenvalue weighted by molar-refractivity contribution is -0.148. The van der Waals surface area contributed by atoms with E-state index in [1.165, 1.54) is 0 Å². The molecule has 158 valence electrons. The first kappa shape index (κ1) is 22.7. The van der Waals surface area contributed by atoms with E-state index in [4.69, 9.17) is 0 Å². The molecule has 1 heterocycles. The third kappa shape index (κ3) is 6.21. The second-order valence-corrected chi connectivity index (χ2v) is 8.79. The van der Waals surface area contributed by atoms with Gasteiger partial charge in [0.05, 0.1) is 6.54 Å². The Morgan fingerprint density at radius 3 is 2.21 bits per heavy atom. The number of carbonyl (C=O) groups excluding carboxylic acids is 2. The molecular formula is C24H35N3O2. The number of rotatable bonds is 8. The minimum Gasteiger partial charge on any atom is -0.353 e. The Bertz CT molecular complexity index is 805. The van der Waals surface area contributed by atoms with Crippen LogP contribution < -0.4 is 0 Å². The fourth-order valence-corrected chi connectivity index (χ4v) is 3.22. The Morgan fingerprint density at radius 1 is 1.03 bits per heavy atom. The second kappa shape index (κ2) is 9.77. The summed E-state index contributed by atoms with van der Waals surface area (Å²) < 4.78 is 2.03. The van der Waals surface area contributed by atoms with E-state index in [0.29, 0.717) is 13.1 Å². The number of carbonyl (C=O) groups is 2. The first-order valence-corrected chi connectivity index (χ1v) is 10.4. The van der Waals surface area contributed by atoms with Crippen LogP contribution in [-0.4, -0.2) is 38.8 Å². The predicted octanol–water partition coefficient (Wildman–Crippen LogP) is 4.23. The van der Waals surface area contributed by atoms with Crippen LogP contribution in [0.15, 0.2) is 48.7 Å². The van der Waals surface area contributed by atoms with Gasteiger partial charge in [-0.1, -0.05) is 58.0 Å². The normalized spacial score (nSPS) is 12.5. The van der Waals surface area contributed by atoms with Crippen LogP contribution in [0.25, 0.3) is 0 Å². The molecule has 0 saturated carbocycles. The van der Waals surface area contributed by atoms with Crippen molar-refractivity contribution in [1.82, 2.24) is 14.4 Å². The molecule has 5 nitrogen and oxygen atoms in total. The molecule has 1 aromatic carbocycles. The number of aryl methyl sites for hydroxylation is 1. The van der Waals surface area contributed by atoms with E-state index in [1.54, 1.807) is 4.90 Å². The standard InChI is InChI=1S/C24H35N3O2/c1-7-19(2)27(23(29)24(3,4)5)18-22(28)26(16-20-12-9-8-10-13-20)17-21-14-11-15-25(21)6/h8-15,19H,7,16-18H2,1-6H3/t19-/m1/s1. The van der Waals surface area contributed by atoms with Gasteiger partial charge in [-0.15, -0.1) is 0 Å². The van der Waals surface area contributed by atoms with E-state index in [1.807, 2.05) is 99.8 Å². The van der Waals surface area contributed by atoms with E-state index in [-0.39, 0.29) is 24.4 Å². The molecule has 1 aromatic heterocycles. The van der Waals surface area contributed by atoms with Gasteiger partial charge in [-0.25, -0.2) is 0 Å². The molecule has 2 aromatic rings. The Labute approximate surface area is 175 Å². The summed E-state index contributed by atoms with van der Waals surface area (Å²) in [6.07, 6.45) is 2.79. The van der Waals surface area contributed by atoms with E-state index in [0.717, 1.165) is 17.7 Å². The Balaban J connectivity index is 2.26. The summed E-state index contributed by atoms with van der Waals surface area (Å²) in [7, 11) is 1.98. The molecule has 0 N–H and O–H groups in total. The zero-order chi connectivity index (χ0) is 21.6. The third-order valence-corrected chi connectivity index (χ3v) is 5.30. The molecule has 0 spiro atoms. The molecule has 1 atom stereocenters.